The van der Waals surface area contributed by atoms with Gasteiger partial charge in [-0.05, 0) is 11.5 Å². The molecule has 3 heteroatoms. The topological polar surface area (TPSA) is 57.2 Å². The molecule has 0 saturated heterocycles. The van der Waals surface area contributed by atoms with Gasteiger partial charge in [0.25, 0.3) is 0 Å². The van der Waals surface area contributed by atoms with Gasteiger partial charge in [-0.1, -0.05) is 74.5 Å². The largest absolute Gasteiger partial charge is 0.380 e. The zero-order chi connectivity index (χ0) is 15.7. The Morgan fingerprint density at radius 3 is 1.81 bits per heavy atom. The van der Waals surface area contributed by atoms with Crippen molar-refractivity contribution < 1.29 is 15.0 Å². The van der Waals surface area contributed by atoms with E-state index >= 15 is 0 Å². The van der Waals surface area contributed by atoms with Gasteiger partial charge in [0, 0.05) is 5.56 Å². The summed E-state index contributed by atoms with van der Waals surface area (Å²) in [6, 6.07) is 17.7. The van der Waals surface area contributed by atoms with Crippen molar-refractivity contribution in [3.8, 4) is 0 Å². The molecule has 0 bridgehead atoms. The number of rotatable bonds is 4. The maximum absolute atomic E-state index is 11.9. The molecule has 1 radical (unpaired) electrons. The number of ketones is 1. The van der Waals surface area contributed by atoms with Crippen molar-refractivity contribution in [2.75, 3.05) is 6.61 Å². The van der Waals surface area contributed by atoms with Crippen LogP contribution < -0.4 is 0 Å². The highest BCUT2D eigenvalue weighted by atomic mass is 16.3. The summed E-state index contributed by atoms with van der Waals surface area (Å²) in [4.78, 5) is 11.9. The molecule has 0 aliphatic rings. The quantitative estimate of drug-likeness (QED) is 0.871. The van der Waals surface area contributed by atoms with E-state index in [4.69, 9.17) is 0 Å². The van der Waals surface area contributed by atoms with Crippen LogP contribution in [0.4, 0.5) is 0 Å². The van der Waals surface area contributed by atoms with Crippen molar-refractivity contribution in [2.45, 2.75) is 20.0 Å². The Hall–Kier alpha value is -1.97. The van der Waals surface area contributed by atoms with Gasteiger partial charge in [-0.25, -0.2) is 5.11 Å². The van der Waals surface area contributed by atoms with E-state index in [9.17, 15) is 15.0 Å². The molecule has 0 aliphatic carbocycles. The molecule has 0 heterocycles. The number of carbonyl (C=O) groups is 1. The molecular formula is C18H21O3. The van der Waals surface area contributed by atoms with E-state index in [0.29, 0.717) is 17.0 Å². The summed E-state index contributed by atoms with van der Waals surface area (Å²) >= 11 is 0. The maximum atomic E-state index is 11.9. The molecule has 2 aromatic carbocycles. The summed E-state index contributed by atoms with van der Waals surface area (Å²) in [5.41, 5.74) is 1.15. The maximum Gasteiger partial charge on any atom is 0.195 e. The van der Waals surface area contributed by atoms with Crippen LogP contribution in [0.2, 0.25) is 0 Å². The predicted molar refractivity (Wildman–Crippen MR) is 82.6 cm³/mol. The predicted octanol–water partition coefficient (Wildman–Crippen LogP) is 3.68. The second-order valence-corrected chi connectivity index (χ2v) is 5.10. The molecule has 1 atom stereocenters. The summed E-state index contributed by atoms with van der Waals surface area (Å²) in [6.07, 6.45) is -1.08. The Bertz CT molecular complexity index is 521. The highest BCUT2D eigenvalue weighted by molar-refractivity contribution is 5.99. The first kappa shape index (κ1) is 17.1. The first-order valence-electron chi connectivity index (χ1n) is 6.96. The molecule has 0 spiro atoms. The van der Waals surface area contributed by atoms with Crippen LogP contribution in [0.25, 0.3) is 0 Å². The standard InChI is InChI=1S/C14H12O2.C4H9O/c15-13(11-7-3-1-4-8-11)14(16)12-9-5-2-6-10-12;1-4(2)3-5/h1-10,13,15H;4H,3H2,1-2H3. The van der Waals surface area contributed by atoms with Gasteiger partial charge in [-0.15, -0.1) is 0 Å². The van der Waals surface area contributed by atoms with Crippen LogP contribution in [0.5, 0.6) is 0 Å². The lowest BCUT2D eigenvalue weighted by atomic mass is 10.0. The molecule has 0 amide bonds. The lowest BCUT2D eigenvalue weighted by Gasteiger charge is -2.09. The van der Waals surface area contributed by atoms with Crippen LogP contribution in [0.3, 0.4) is 0 Å². The molecule has 0 fully saturated rings. The number of hydrogen-bond acceptors (Lipinski definition) is 2. The number of benzene rings is 2. The summed E-state index contributed by atoms with van der Waals surface area (Å²) in [7, 11) is 0. The fourth-order valence-corrected chi connectivity index (χ4v) is 1.55. The van der Waals surface area contributed by atoms with E-state index in [1.165, 1.54) is 0 Å². The van der Waals surface area contributed by atoms with E-state index in [1.807, 2.05) is 26.0 Å². The van der Waals surface area contributed by atoms with E-state index in [2.05, 4.69) is 0 Å². The van der Waals surface area contributed by atoms with E-state index in [0.717, 1.165) is 0 Å². The summed E-state index contributed by atoms with van der Waals surface area (Å²) < 4.78 is 0. The van der Waals surface area contributed by atoms with Gasteiger partial charge in [-0.2, -0.15) is 0 Å². The Kier molecular flexibility index (Phi) is 7.37. The number of Topliss-reactive ketones (excluding diaryl/α,β-unsaturated/α-hetero) is 1. The number of aliphatic hydroxyl groups is 1. The zero-order valence-electron chi connectivity index (χ0n) is 12.4. The van der Waals surface area contributed by atoms with Crippen molar-refractivity contribution in [3.63, 3.8) is 0 Å². The van der Waals surface area contributed by atoms with Gasteiger partial charge >= 0.3 is 0 Å². The molecule has 3 nitrogen and oxygen atoms in total. The lowest BCUT2D eigenvalue weighted by Crippen LogP contribution is -2.11. The molecule has 111 valence electrons. The summed E-state index contributed by atoms with van der Waals surface area (Å²) in [5, 5.41) is 19.5. The highest BCUT2D eigenvalue weighted by Gasteiger charge is 2.18. The summed E-state index contributed by atoms with van der Waals surface area (Å²) in [6.45, 7) is 3.88. The lowest BCUT2D eigenvalue weighted by molar-refractivity contribution is 0.0747. The van der Waals surface area contributed by atoms with Gasteiger partial charge in [0.2, 0.25) is 0 Å². The monoisotopic (exact) mass is 285 g/mol. The van der Waals surface area contributed by atoms with Gasteiger partial charge in [-0.3, -0.25) is 4.79 Å². The third-order valence-corrected chi connectivity index (χ3v) is 2.76. The second-order valence-electron chi connectivity index (χ2n) is 5.10. The summed E-state index contributed by atoms with van der Waals surface area (Å²) in [5.74, 6) is 0.0572. The van der Waals surface area contributed by atoms with Crippen LogP contribution in [-0.4, -0.2) is 17.5 Å². The highest BCUT2D eigenvalue weighted by Crippen LogP contribution is 2.17. The minimum Gasteiger partial charge on any atom is -0.380 e. The minimum atomic E-state index is -1.08. The van der Waals surface area contributed by atoms with Crippen molar-refractivity contribution in [1.82, 2.24) is 0 Å². The molecular weight excluding hydrogens is 264 g/mol. The second kappa shape index (κ2) is 9.06. The SMILES string of the molecule is CC(C)C[O].O=C(c1ccccc1)C(O)c1ccccc1. The van der Waals surface area contributed by atoms with E-state index in [1.54, 1.807) is 48.5 Å². The average Bonchev–Trinajstić information content (AvgIpc) is 2.55. The van der Waals surface area contributed by atoms with E-state index in [-0.39, 0.29) is 12.4 Å². The van der Waals surface area contributed by atoms with Gasteiger partial charge in [0.05, 0.1) is 6.61 Å². The molecule has 1 unspecified atom stereocenters. The first-order valence-corrected chi connectivity index (χ1v) is 6.96. The Labute approximate surface area is 125 Å². The fourth-order valence-electron chi connectivity index (χ4n) is 1.55. The zero-order valence-corrected chi connectivity index (χ0v) is 12.4. The number of carbonyl (C=O) groups excluding carboxylic acids is 1. The van der Waals surface area contributed by atoms with Crippen LogP contribution in [0, 0.1) is 5.92 Å². The number of aliphatic hydroxyl groups excluding tert-OH is 1. The molecule has 21 heavy (non-hydrogen) atoms. The molecule has 2 aromatic rings. The molecule has 0 saturated carbocycles. The fraction of sp³-hybridized carbons (Fsp3) is 0.278. The Morgan fingerprint density at radius 1 is 0.952 bits per heavy atom. The minimum absolute atomic E-state index is 0.0556. The van der Waals surface area contributed by atoms with Gasteiger partial charge < -0.3 is 5.11 Å². The third kappa shape index (κ3) is 5.90. The molecule has 0 aromatic heterocycles. The average molecular weight is 285 g/mol. The van der Waals surface area contributed by atoms with Crippen molar-refractivity contribution in [2.24, 2.45) is 5.92 Å². The van der Waals surface area contributed by atoms with Crippen LogP contribution in [0.1, 0.15) is 35.9 Å². The van der Waals surface area contributed by atoms with Crippen molar-refractivity contribution in [1.29, 1.82) is 0 Å². The van der Waals surface area contributed by atoms with Crippen LogP contribution in [-0.2, 0) is 5.11 Å². The van der Waals surface area contributed by atoms with Crippen LogP contribution >= 0.6 is 0 Å². The third-order valence-electron chi connectivity index (χ3n) is 2.76. The normalized spacial score (nSPS) is 11.5. The molecule has 1 N–H and O–H groups in total. The Balaban J connectivity index is 0.000000383. The van der Waals surface area contributed by atoms with Crippen LogP contribution in [0.15, 0.2) is 60.7 Å². The van der Waals surface area contributed by atoms with Crippen molar-refractivity contribution in [3.05, 3.63) is 71.8 Å². The number of hydrogen-bond donors (Lipinski definition) is 1. The molecule has 0 aliphatic heterocycles. The Morgan fingerprint density at radius 2 is 1.38 bits per heavy atom. The molecule has 2 rings (SSSR count). The van der Waals surface area contributed by atoms with Gasteiger partial charge in [0.15, 0.2) is 5.78 Å². The van der Waals surface area contributed by atoms with Crippen molar-refractivity contribution >= 4 is 5.78 Å². The van der Waals surface area contributed by atoms with E-state index < -0.39 is 6.10 Å². The first-order chi connectivity index (χ1) is 10.1. The van der Waals surface area contributed by atoms with Gasteiger partial charge in [0.1, 0.15) is 6.10 Å². The smallest absolute Gasteiger partial charge is 0.195 e.